The van der Waals surface area contributed by atoms with Gasteiger partial charge in [0.15, 0.2) is 5.78 Å². The van der Waals surface area contributed by atoms with E-state index in [1.165, 1.54) is 0 Å². The highest BCUT2D eigenvalue weighted by molar-refractivity contribution is 6.05. The summed E-state index contributed by atoms with van der Waals surface area (Å²) >= 11 is 0. The Morgan fingerprint density at radius 3 is 2.88 bits per heavy atom. The minimum Gasteiger partial charge on any atom is -0.306 e. The third-order valence-corrected chi connectivity index (χ3v) is 2.26. The molecule has 4 nitrogen and oxygen atoms in total. The van der Waals surface area contributed by atoms with E-state index in [4.69, 9.17) is 0 Å². The number of carbonyl (C=O) groups excluding carboxylic acids is 2. The molecule has 0 saturated carbocycles. The summed E-state index contributed by atoms with van der Waals surface area (Å²) in [5, 5.41) is 0. The van der Waals surface area contributed by atoms with E-state index in [1.807, 2.05) is 12.1 Å². The zero-order valence-electron chi connectivity index (χ0n) is 8.54. The lowest BCUT2D eigenvalue weighted by atomic mass is 10.1. The van der Waals surface area contributed by atoms with Crippen molar-refractivity contribution in [1.82, 2.24) is 9.55 Å². The van der Waals surface area contributed by atoms with Gasteiger partial charge in [-0.05, 0) is 12.1 Å². The molecule has 1 aromatic heterocycles. The fourth-order valence-corrected chi connectivity index (χ4v) is 1.52. The van der Waals surface area contributed by atoms with Crippen LogP contribution in [0.3, 0.4) is 0 Å². The van der Waals surface area contributed by atoms with Crippen molar-refractivity contribution in [2.45, 2.75) is 6.42 Å². The molecule has 4 heteroatoms. The van der Waals surface area contributed by atoms with E-state index in [0.29, 0.717) is 11.8 Å². The minimum atomic E-state index is -0.181. The molecule has 0 aliphatic rings. The Bertz CT molecular complexity index is 503. The molecule has 0 bridgehead atoms. The Hall–Kier alpha value is -2.23. The van der Waals surface area contributed by atoms with Crippen LogP contribution in [0, 0.1) is 0 Å². The number of hydrogen-bond donors (Lipinski definition) is 0. The van der Waals surface area contributed by atoms with Gasteiger partial charge in [0.1, 0.15) is 6.29 Å². The van der Waals surface area contributed by atoms with Crippen LogP contribution in [0.25, 0.3) is 5.69 Å². The van der Waals surface area contributed by atoms with Crippen LogP contribution in [0.4, 0.5) is 0 Å². The second kappa shape index (κ2) is 4.53. The van der Waals surface area contributed by atoms with Gasteiger partial charge in [-0.15, -0.1) is 0 Å². The number of aldehydes is 1. The number of aromatic nitrogens is 2. The maximum absolute atomic E-state index is 11.7. The lowest BCUT2D eigenvalue weighted by molar-refractivity contribution is -0.107. The van der Waals surface area contributed by atoms with Gasteiger partial charge in [-0.2, -0.15) is 0 Å². The zero-order valence-corrected chi connectivity index (χ0v) is 8.54. The average Bonchev–Trinajstić information content (AvgIpc) is 2.83. The molecule has 2 rings (SSSR count). The van der Waals surface area contributed by atoms with E-state index in [2.05, 4.69) is 4.98 Å². The largest absolute Gasteiger partial charge is 0.306 e. The second-order valence-electron chi connectivity index (χ2n) is 3.28. The highest BCUT2D eigenvalue weighted by Crippen LogP contribution is 2.15. The van der Waals surface area contributed by atoms with Crippen LogP contribution in [0.2, 0.25) is 0 Å². The van der Waals surface area contributed by atoms with Crippen molar-refractivity contribution in [2.75, 3.05) is 0 Å². The third kappa shape index (κ3) is 1.91. The lowest BCUT2D eigenvalue weighted by Gasteiger charge is -2.07. The molecule has 0 unspecified atom stereocenters. The standard InChI is InChI=1S/C12H10N2O2/c15-8-5-12(16)10-3-1-2-4-11(10)14-7-6-13-9-14/h1-4,6-9H,5H2. The van der Waals surface area contributed by atoms with Gasteiger partial charge >= 0.3 is 0 Å². The van der Waals surface area contributed by atoms with Crippen molar-refractivity contribution < 1.29 is 9.59 Å². The van der Waals surface area contributed by atoms with Gasteiger partial charge in [-0.3, -0.25) is 4.79 Å². The van der Waals surface area contributed by atoms with Crippen molar-refractivity contribution in [3.63, 3.8) is 0 Å². The number of imidazole rings is 1. The van der Waals surface area contributed by atoms with Crippen LogP contribution in [0.1, 0.15) is 16.8 Å². The van der Waals surface area contributed by atoms with Crippen molar-refractivity contribution in [2.24, 2.45) is 0 Å². The smallest absolute Gasteiger partial charge is 0.172 e. The first kappa shape index (κ1) is 10.3. The summed E-state index contributed by atoms with van der Waals surface area (Å²) < 4.78 is 1.75. The Morgan fingerprint density at radius 2 is 2.19 bits per heavy atom. The van der Waals surface area contributed by atoms with E-state index in [9.17, 15) is 9.59 Å². The third-order valence-electron chi connectivity index (χ3n) is 2.26. The van der Waals surface area contributed by atoms with Crippen molar-refractivity contribution in [3.8, 4) is 5.69 Å². The molecule has 0 radical (unpaired) electrons. The highest BCUT2D eigenvalue weighted by atomic mass is 16.1. The zero-order chi connectivity index (χ0) is 11.4. The number of ketones is 1. The summed E-state index contributed by atoms with van der Waals surface area (Å²) in [5.41, 5.74) is 1.28. The number of Topliss-reactive ketones (excluding diaryl/α,β-unsaturated/α-hetero) is 1. The van der Waals surface area contributed by atoms with E-state index in [-0.39, 0.29) is 12.2 Å². The molecule has 0 N–H and O–H groups in total. The first-order valence-electron chi connectivity index (χ1n) is 4.87. The number of carbonyl (C=O) groups is 2. The number of para-hydroxylation sites is 1. The molecule has 0 amide bonds. The van der Waals surface area contributed by atoms with Gasteiger partial charge in [-0.25, -0.2) is 4.98 Å². The number of hydrogen-bond acceptors (Lipinski definition) is 3. The molecule has 0 aliphatic heterocycles. The number of rotatable bonds is 4. The number of benzene rings is 1. The first-order valence-corrected chi connectivity index (χ1v) is 4.87. The normalized spacial score (nSPS) is 10.0. The predicted octanol–water partition coefficient (Wildman–Crippen LogP) is 1.64. The van der Waals surface area contributed by atoms with Crippen molar-refractivity contribution >= 4 is 12.1 Å². The molecule has 0 atom stereocenters. The first-order chi connectivity index (χ1) is 7.83. The van der Waals surface area contributed by atoms with Gasteiger partial charge < -0.3 is 9.36 Å². The molecular weight excluding hydrogens is 204 g/mol. The van der Waals surface area contributed by atoms with Crippen LogP contribution < -0.4 is 0 Å². The summed E-state index contributed by atoms with van der Waals surface area (Å²) in [6, 6.07) is 7.15. The molecule has 80 valence electrons. The Labute approximate surface area is 92.5 Å². The summed E-state index contributed by atoms with van der Waals surface area (Å²) in [7, 11) is 0. The molecule has 0 saturated heterocycles. The Balaban J connectivity index is 2.46. The van der Waals surface area contributed by atoms with E-state index >= 15 is 0 Å². The number of nitrogens with zero attached hydrogens (tertiary/aromatic N) is 2. The highest BCUT2D eigenvalue weighted by Gasteiger charge is 2.10. The SMILES string of the molecule is O=CCC(=O)c1ccccc1-n1ccnc1. The quantitative estimate of drug-likeness (QED) is 0.441. The molecule has 0 fully saturated rings. The molecule has 1 aromatic carbocycles. The van der Waals surface area contributed by atoms with Crippen molar-refractivity contribution in [3.05, 3.63) is 48.5 Å². The second-order valence-corrected chi connectivity index (χ2v) is 3.28. The Morgan fingerprint density at radius 1 is 1.38 bits per heavy atom. The molecule has 0 spiro atoms. The minimum absolute atomic E-state index is 0.0916. The fraction of sp³-hybridized carbons (Fsp3) is 0.0833. The maximum atomic E-state index is 11.7. The topological polar surface area (TPSA) is 52.0 Å². The summed E-state index contributed by atoms with van der Waals surface area (Å²) in [5.74, 6) is -0.181. The van der Waals surface area contributed by atoms with Gasteiger partial charge in [0, 0.05) is 18.0 Å². The van der Waals surface area contributed by atoms with Crippen molar-refractivity contribution in [1.29, 1.82) is 0 Å². The van der Waals surface area contributed by atoms with E-state index in [1.54, 1.807) is 35.4 Å². The summed E-state index contributed by atoms with van der Waals surface area (Å²) in [6.07, 6.45) is 5.54. The van der Waals surface area contributed by atoms with Gasteiger partial charge in [-0.1, -0.05) is 12.1 Å². The van der Waals surface area contributed by atoms with Gasteiger partial charge in [0.25, 0.3) is 0 Å². The molecular formula is C12H10N2O2. The fourth-order valence-electron chi connectivity index (χ4n) is 1.52. The summed E-state index contributed by atoms with van der Waals surface area (Å²) in [4.78, 5) is 26.0. The lowest BCUT2D eigenvalue weighted by Crippen LogP contribution is -2.05. The van der Waals surface area contributed by atoms with E-state index in [0.717, 1.165) is 5.69 Å². The van der Waals surface area contributed by atoms with Gasteiger partial charge in [0.05, 0.1) is 18.4 Å². The monoisotopic (exact) mass is 214 g/mol. The molecule has 1 heterocycles. The molecule has 2 aromatic rings. The average molecular weight is 214 g/mol. The predicted molar refractivity (Wildman–Crippen MR) is 58.6 cm³/mol. The molecule has 16 heavy (non-hydrogen) atoms. The van der Waals surface area contributed by atoms with Crippen LogP contribution in [-0.4, -0.2) is 21.6 Å². The maximum Gasteiger partial charge on any atom is 0.172 e. The van der Waals surface area contributed by atoms with Gasteiger partial charge in [0.2, 0.25) is 0 Å². The Kier molecular flexibility index (Phi) is 2.91. The van der Waals surface area contributed by atoms with Crippen LogP contribution in [0.5, 0.6) is 0 Å². The summed E-state index contributed by atoms with van der Waals surface area (Å²) in [6.45, 7) is 0. The van der Waals surface area contributed by atoms with Crippen LogP contribution in [0.15, 0.2) is 43.0 Å². The van der Waals surface area contributed by atoms with E-state index < -0.39 is 0 Å². The molecule has 0 aliphatic carbocycles. The van der Waals surface area contributed by atoms with Crippen LogP contribution >= 0.6 is 0 Å². The van der Waals surface area contributed by atoms with Crippen LogP contribution in [-0.2, 0) is 4.79 Å².